The number of hydrogen-bond donors (Lipinski definition) is 4. The summed E-state index contributed by atoms with van der Waals surface area (Å²) in [6.45, 7) is 3.71. The molecule has 0 fully saturated rings. The fourth-order valence-electron chi connectivity index (χ4n) is 2.66. The summed E-state index contributed by atoms with van der Waals surface area (Å²) in [5, 5.41) is 8.03. The van der Waals surface area contributed by atoms with Gasteiger partial charge in [-0.25, -0.2) is 9.18 Å². The predicted molar refractivity (Wildman–Crippen MR) is 109 cm³/mol. The van der Waals surface area contributed by atoms with Crippen molar-refractivity contribution < 1.29 is 18.8 Å². The molecule has 0 radical (unpaired) electrons. The zero-order valence-electron chi connectivity index (χ0n) is 16.4. The zero-order valence-corrected chi connectivity index (χ0v) is 16.4. The Balaban J connectivity index is 1.97. The lowest BCUT2D eigenvalue weighted by atomic mass is 9.98. The molecule has 0 heterocycles. The number of carbonyl (C=O) groups is 3. The molecule has 0 aromatic heterocycles. The Morgan fingerprint density at radius 2 is 1.76 bits per heavy atom. The van der Waals surface area contributed by atoms with E-state index >= 15 is 0 Å². The van der Waals surface area contributed by atoms with Gasteiger partial charge < -0.3 is 21.7 Å². The van der Waals surface area contributed by atoms with Crippen LogP contribution in [-0.2, 0) is 11.2 Å². The van der Waals surface area contributed by atoms with Crippen LogP contribution in [0, 0.1) is 11.7 Å². The second-order valence-electron chi connectivity index (χ2n) is 6.97. The van der Waals surface area contributed by atoms with Gasteiger partial charge in [0, 0.05) is 23.8 Å². The number of amides is 4. The van der Waals surface area contributed by atoms with Crippen LogP contribution in [0.1, 0.15) is 29.8 Å². The maximum Gasteiger partial charge on any atom is 0.319 e. The Morgan fingerprint density at radius 3 is 2.38 bits per heavy atom. The first-order valence-electron chi connectivity index (χ1n) is 9.24. The molecule has 2 aromatic rings. The van der Waals surface area contributed by atoms with Crippen LogP contribution in [0.4, 0.5) is 14.9 Å². The second kappa shape index (κ2) is 10.2. The number of nitrogens with one attached hydrogen (secondary N) is 3. The third-order valence-corrected chi connectivity index (χ3v) is 4.11. The normalized spacial score (nSPS) is 11.6. The largest absolute Gasteiger partial charge is 0.369 e. The highest BCUT2D eigenvalue weighted by atomic mass is 19.1. The third kappa shape index (κ3) is 7.25. The molecular formula is C21H25FN4O3. The van der Waals surface area contributed by atoms with Crippen LogP contribution in [-0.4, -0.2) is 30.4 Å². The highest BCUT2D eigenvalue weighted by Gasteiger charge is 2.18. The van der Waals surface area contributed by atoms with E-state index in [0.717, 1.165) is 5.56 Å². The number of carbonyl (C=O) groups excluding carboxylic acids is 3. The standard InChI is InChI=1S/C21H25FN4O3/c1-13(2)25-21(29)26-18-5-3-4-15(11-18)20(28)24-12-16(19(23)27)10-14-6-8-17(22)9-7-14/h3-9,11,13,16H,10,12H2,1-2H3,(H2,23,27)(H,24,28)(H2,25,26,29). The Kier molecular flexibility index (Phi) is 7.70. The van der Waals surface area contributed by atoms with E-state index in [9.17, 15) is 18.8 Å². The van der Waals surface area contributed by atoms with E-state index in [1.807, 2.05) is 13.8 Å². The molecule has 7 nitrogen and oxygen atoms in total. The quantitative estimate of drug-likeness (QED) is 0.546. The van der Waals surface area contributed by atoms with Crippen LogP contribution < -0.4 is 21.7 Å². The molecule has 0 aliphatic carbocycles. The minimum absolute atomic E-state index is 0.0201. The van der Waals surface area contributed by atoms with Gasteiger partial charge in [-0.15, -0.1) is 0 Å². The minimum Gasteiger partial charge on any atom is -0.369 e. The first-order valence-corrected chi connectivity index (χ1v) is 9.24. The smallest absolute Gasteiger partial charge is 0.319 e. The Labute approximate surface area is 168 Å². The van der Waals surface area contributed by atoms with Crippen molar-refractivity contribution in [2.24, 2.45) is 11.7 Å². The molecule has 2 rings (SSSR count). The maximum atomic E-state index is 13.0. The van der Waals surface area contributed by atoms with E-state index in [0.29, 0.717) is 11.3 Å². The van der Waals surface area contributed by atoms with E-state index in [1.54, 1.807) is 30.3 Å². The lowest BCUT2D eigenvalue weighted by Crippen LogP contribution is -2.37. The summed E-state index contributed by atoms with van der Waals surface area (Å²) in [7, 11) is 0. The highest BCUT2D eigenvalue weighted by molar-refractivity contribution is 5.97. The lowest BCUT2D eigenvalue weighted by Gasteiger charge is -2.15. The van der Waals surface area contributed by atoms with Crippen molar-refractivity contribution in [3.63, 3.8) is 0 Å². The first kappa shape index (κ1) is 21.9. The molecule has 154 valence electrons. The molecule has 29 heavy (non-hydrogen) atoms. The van der Waals surface area contributed by atoms with Gasteiger partial charge >= 0.3 is 6.03 Å². The van der Waals surface area contributed by atoms with Gasteiger partial charge in [-0.1, -0.05) is 18.2 Å². The molecule has 0 aliphatic rings. The highest BCUT2D eigenvalue weighted by Crippen LogP contribution is 2.12. The second-order valence-corrected chi connectivity index (χ2v) is 6.97. The average molecular weight is 400 g/mol. The summed E-state index contributed by atoms with van der Waals surface area (Å²) < 4.78 is 13.0. The third-order valence-electron chi connectivity index (χ3n) is 4.11. The van der Waals surface area contributed by atoms with Gasteiger partial charge in [-0.3, -0.25) is 9.59 Å². The molecule has 1 atom stereocenters. The summed E-state index contributed by atoms with van der Waals surface area (Å²) in [6.07, 6.45) is 0.285. The number of primary amides is 1. The number of urea groups is 1. The van der Waals surface area contributed by atoms with Gasteiger partial charge in [0.15, 0.2) is 0 Å². The summed E-state index contributed by atoms with van der Waals surface area (Å²) in [6, 6.07) is 11.8. The van der Waals surface area contributed by atoms with E-state index in [-0.39, 0.29) is 30.9 Å². The molecule has 4 amide bonds. The SMILES string of the molecule is CC(C)NC(=O)Nc1cccc(C(=O)NCC(Cc2ccc(F)cc2)C(N)=O)c1. The fourth-order valence-corrected chi connectivity index (χ4v) is 2.66. The number of benzene rings is 2. The van der Waals surface area contributed by atoms with Crippen molar-refractivity contribution in [3.05, 3.63) is 65.5 Å². The molecule has 5 N–H and O–H groups in total. The van der Waals surface area contributed by atoms with Crippen molar-refractivity contribution in [3.8, 4) is 0 Å². The van der Waals surface area contributed by atoms with Crippen molar-refractivity contribution >= 4 is 23.5 Å². The van der Waals surface area contributed by atoms with Crippen molar-refractivity contribution in [1.82, 2.24) is 10.6 Å². The predicted octanol–water partition coefficient (Wildman–Crippen LogP) is 2.43. The minimum atomic E-state index is -0.637. The van der Waals surface area contributed by atoms with Crippen molar-refractivity contribution in [2.45, 2.75) is 26.3 Å². The van der Waals surface area contributed by atoms with Crippen LogP contribution in [0.25, 0.3) is 0 Å². The van der Waals surface area contributed by atoms with Gasteiger partial charge in [-0.05, 0) is 56.2 Å². The monoisotopic (exact) mass is 400 g/mol. The van der Waals surface area contributed by atoms with E-state index in [4.69, 9.17) is 5.73 Å². The zero-order chi connectivity index (χ0) is 21.4. The number of halogens is 1. The average Bonchev–Trinajstić information content (AvgIpc) is 2.65. The van der Waals surface area contributed by atoms with Gasteiger partial charge in [0.1, 0.15) is 5.82 Å². The molecule has 0 aliphatic heterocycles. The lowest BCUT2D eigenvalue weighted by molar-refractivity contribution is -0.121. The molecule has 0 spiro atoms. The molecule has 0 saturated heterocycles. The van der Waals surface area contributed by atoms with Gasteiger partial charge in [0.25, 0.3) is 5.91 Å². The number of anilines is 1. The Hall–Kier alpha value is -3.42. The van der Waals surface area contributed by atoms with Crippen LogP contribution in [0.15, 0.2) is 48.5 Å². The number of nitrogens with two attached hydrogens (primary N) is 1. The number of hydrogen-bond acceptors (Lipinski definition) is 3. The topological polar surface area (TPSA) is 113 Å². The van der Waals surface area contributed by atoms with Crippen molar-refractivity contribution in [1.29, 1.82) is 0 Å². The summed E-state index contributed by atoms with van der Waals surface area (Å²) in [4.78, 5) is 36.0. The number of rotatable bonds is 8. The van der Waals surface area contributed by atoms with Crippen molar-refractivity contribution in [2.75, 3.05) is 11.9 Å². The maximum absolute atomic E-state index is 13.0. The van der Waals surface area contributed by atoms with E-state index in [2.05, 4.69) is 16.0 Å². The van der Waals surface area contributed by atoms with E-state index < -0.39 is 17.7 Å². The van der Waals surface area contributed by atoms with Crippen LogP contribution in [0.2, 0.25) is 0 Å². The molecule has 0 saturated carbocycles. The summed E-state index contributed by atoms with van der Waals surface area (Å²) in [5.74, 6) is -1.96. The first-order chi connectivity index (χ1) is 13.7. The van der Waals surface area contributed by atoms with Gasteiger partial charge in [-0.2, -0.15) is 0 Å². The molecule has 8 heteroatoms. The van der Waals surface area contributed by atoms with Crippen LogP contribution in [0.5, 0.6) is 0 Å². The van der Waals surface area contributed by atoms with Crippen LogP contribution >= 0.6 is 0 Å². The molecule has 0 bridgehead atoms. The molecule has 1 unspecified atom stereocenters. The molecule has 2 aromatic carbocycles. The Bertz CT molecular complexity index is 868. The summed E-state index contributed by atoms with van der Waals surface area (Å²) >= 11 is 0. The van der Waals surface area contributed by atoms with Gasteiger partial charge in [0.05, 0.1) is 5.92 Å². The molecular weight excluding hydrogens is 375 g/mol. The van der Waals surface area contributed by atoms with Gasteiger partial charge in [0.2, 0.25) is 5.91 Å². The van der Waals surface area contributed by atoms with Crippen LogP contribution in [0.3, 0.4) is 0 Å². The van der Waals surface area contributed by atoms with E-state index in [1.165, 1.54) is 18.2 Å². The summed E-state index contributed by atoms with van der Waals surface area (Å²) in [5.41, 5.74) is 6.98. The Morgan fingerprint density at radius 1 is 1.07 bits per heavy atom. The fraction of sp³-hybridized carbons (Fsp3) is 0.286.